The Labute approximate surface area is 185 Å². The summed E-state index contributed by atoms with van der Waals surface area (Å²) >= 11 is 0. The molecule has 1 aliphatic heterocycles. The number of anilines is 1. The number of hydrogen-bond donors (Lipinski definition) is 2. The van der Waals surface area contributed by atoms with Crippen LogP contribution in [0.1, 0.15) is 18.4 Å². The summed E-state index contributed by atoms with van der Waals surface area (Å²) in [5.41, 5.74) is 0.955. The Hall–Kier alpha value is -3.02. The maximum absolute atomic E-state index is 13.1. The molecule has 1 saturated carbocycles. The van der Waals surface area contributed by atoms with Gasteiger partial charge in [-0.2, -0.15) is 12.7 Å². The third-order valence-corrected chi connectivity index (χ3v) is 7.93. The number of hydrogen-bond acceptors (Lipinski definition) is 6. The lowest BCUT2D eigenvalue weighted by Gasteiger charge is -2.41. The maximum Gasteiger partial charge on any atom is 0.417 e. The van der Waals surface area contributed by atoms with E-state index in [1.165, 1.54) is 12.5 Å². The fourth-order valence-corrected chi connectivity index (χ4v) is 6.05. The van der Waals surface area contributed by atoms with E-state index < -0.39 is 21.8 Å². The molecule has 1 saturated heterocycles. The Morgan fingerprint density at radius 1 is 1.12 bits per heavy atom. The van der Waals surface area contributed by atoms with Crippen molar-refractivity contribution in [1.82, 2.24) is 23.6 Å². The highest BCUT2D eigenvalue weighted by Crippen LogP contribution is 2.46. The first-order valence-corrected chi connectivity index (χ1v) is 12.0. The largest absolute Gasteiger partial charge is 0.464 e. The zero-order chi connectivity index (χ0) is 22.3. The van der Waals surface area contributed by atoms with Crippen molar-refractivity contribution in [2.45, 2.75) is 24.8 Å². The summed E-state index contributed by atoms with van der Waals surface area (Å²) in [6.45, 7) is 1.66. The third kappa shape index (κ3) is 3.72. The van der Waals surface area contributed by atoms with Gasteiger partial charge in [-0.15, -0.1) is 0 Å². The molecule has 1 aromatic carbocycles. The Kier molecular flexibility index (Phi) is 5.11. The van der Waals surface area contributed by atoms with Crippen molar-refractivity contribution in [1.29, 1.82) is 0 Å². The molecule has 168 valence electrons. The minimum absolute atomic E-state index is 0.324. The maximum atomic E-state index is 13.1. The lowest BCUT2D eigenvalue weighted by molar-refractivity contribution is 0.197. The molecule has 32 heavy (non-hydrogen) atoms. The molecular formula is C21H24N6O4S. The van der Waals surface area contributed by atoms with Gasteiger partial charge in [-0.1, -0.05) is 30.3 Å². The summed E-state index contributed by atoms with van der Waals surface area (Å²) in [5, 5.41) is 9.98. The lowest BCUT2D eigenvalue weighted by atomic mass is 10.2. The van der Waals surface area contributed by atoms with E-state index in [1.54, 1.807) is 10.4 Å². The number of piperazine rings is 1. The number of rotatable bonds is 6. The van der Waals surface area contributed by atoms with E-state index in [9.17, 15) is 18.3 Å². The monoisotopic (exact) mass is 456 g/mol. The second-order valence-electron chi connectivity index (χ2n) is 8.26. The van der Waals surface area contributed by atoms with Gasteiger partial charge in [-0.3, -0.25) is 0 Å². The molecule has 2 N–H and O–H groups in total. The molecular weight excluding hydrogens is 432 g/mol. The molecule has 0 unspecified atom stereocenters. The van der Waals surface area contributed by atoms with E-state index in [2.05, 4.69) is 14.7 Å². The number of carboxylic acid groups (broad SMARTS) is 1. The summed E-state index contributed by atoms with van der Waals surface area (Å²) in [6.07, 6.45) is 3.90. The van der Waals surface area contributed by atoms with Crippen LogP contribution in [0.3, 0.4) is 0 Å². The van der Waals surface area contributed by atoms with Crippen LogP contribution in [-0.4, -0.2) is 70.2 Å². The number of fused-ring (bicyclic) bond motifs is 1. The van der Waals surface area contributed by atoms with E-state index in [0.717, 1.165) is 23.0 Å². The Morgan fingerprint density at radius 3 is 2.62 bits per heavy atom. The molecule has 5 rings (SSSR count). The van der Waals surface area contributed by atoms with Crippen molar-refractivity contribution >= 4 is 33.2 Å². The first-order valence-electron chi connectivity index (χ1n) is 10.5. The first kappa shape index (κ1) is 20.9. The highest BCUT2D eigenvalue weighted by atomic mass is 32.2. The van der Waals surface area contributed by atoms with Crippen LogP contribution in [0.5, 0.6) is 0 Å². The van der Waals surface area contributed by atoms with Gasteiger partial charge >= 0.3 is 6.09 Å². The van der Waals surface area contributed by atoms with Crippen molar-refractivity contribution in [2.75, 3.05) is 31.1 Å². The average molecular weight is 457 g/mol. The fourth-order valence-electron chi connectivity index (χ4n) is 4.46. The van der Waals surface area contributed by atoms with E-state index in [4.69, 9.17) is 0 Å². The molecule has 11 heteroatoms. The minimum Gasteiger partial charge on any atom is -0.464 e. The summed E-state index contributed by atoms with van der Waals surface area (Å²) in [5.74, 6) is 0.635. The first-order chi connectivity index (χ1) is 15.4. The summed E-state index contributed by atoms with van der Waals surface area (Å²) in [4.78, 5) is 22.0. The topological polar surface area (TPSA) is 121 Å². The van der Waals surface area contributed by atoms with Gasteiger partial charge in [0.15, 0.2) is 5.65 Å². The van der Waals surface area contributed by atoms with Crippen molar-refractivity contribution < 1.29 is 18.3 Å². The van der Waals surface area contributed by atoms with Crippen LogP contribution in [0.25, 0.3) is 11.0 Å². The zero-order valence-electron chi connectivity index (χ0n) is 17.4. The van der Waals surface area contributed by atoms with Crippen LogP contribution in [0.15, 0.2) is 48.9 Å². The number of benzene rings is 1. The molecule has 10 nitrogen and oxygen atoms in total. The summed E-state index contributed by atoms with van der Waals surface area (Å²) in [6, 6.07) is 11.5. The van der Waals surface area contributed by atoms with E-state index in [1.807, 2.05) is 35.2 Å². The predicted molar refractivity (Wildman–Crippen MR) is 119 cm³/mol. The normalized spacial score (nSPS) is 18.3. The highest BCUT2D eigenvalue weighted by molar-refractivity contribution is 7.87. The van der Waals surface area contributed by atoms with Gasteiger partial charge in [0.1, 0.15) is 12.1 Å². The van der Waals surface area contributed by atoms with E-state index in [0.29, 0.717) is 49.5 Å². The molecule has 1 aliphatic carbocycles. The zero-order valence-corrected chi connectivity index (χ0v) is 18.2. The van der Waals surface area contributed by atoms with Crippen LogP contribution < -0.4 is 9.62 Å². The second-order valence-corrected chi connectivity index (χ2v) is 9.94. The number of aromatic nitrogens is 3. The fraction of sp³-hybridized carbons (Fsp3) is 0.381. The van der Waals surface area contributed by atoms with E-state index >= 15 is 0 Å². The van der Waals surface area contributed by atoms with Crippen molar-refractivity contribution in [3.63, 3.8) is 0 Å². The lowest BCUT2D eigenvalue weighted by Crippen LogP contribution is -2.59. The number of carbonyl (C=O) groups is 1. The molecule has 2 fully saturated rings. The summed E-state index contributed by atoms with van der Waals surface area (Å²) in [7, 11) is -3.61. The number of nitrogens with one attached hydrogen (secondary N) is 1. The van der Waals surface area contributed by atoms with Crippen LogP contribution in [0, 0.1) is 0 Å². The molecule has 3 heterocycles. The smallest absolute Gasteiger partial charge is 0.417 e. The SMILES string of the molecule is O=C(O)n1ccc2c(N3CCN(S(=O)(=O)NCCc4ccccc4)C4(CC4)C3)ncnc21. The molecule has 1 spiro atoms. The van der Waals surface area contributed by atoms with Gasteiger partial charge in [0, 0.05) is 32.4 Å². The van der Waals surface area contributed by atoms with Gasteiger partial charge in [0.2, 0.25) is 0 Å². The average Bonchev–Trinajstić information content (AvgIpc) is 3.38. The van der Waals surface area contributed by atoms with Crippen molar-refractivity contribution in [3.8, 4) is 0 Å². The van der Waals surface area contributed by atoms with Crippen LogP contribution >= 0.6 is 0 Å². The van der Waals surface area contributed by atoms with Crippen LogP contribution in [0.4, 0.5) is 10.6 Å². The molecule has 2 aliphatic rings. The van der Waals surface area contributed by atoms with Crippen LogP contribution in [0.2, 0.25) is 0 Å². The Morgan fingerprint density at radius 2 is 1.91 bits per heavy atom. The van der Waals surface area contributed by atoms with E-state index in [-0.39, 0.29) is 0 Å². The number of nitrogens with zero attached hydrogens (tertiary/aromatic N) is 5. The standard InChI is InChI=1S/C21H24N6O4S/c28-20(29)26-11-7-17-18(22-15-23-19(17)26)25-12-13-27(21(14-25)8-9-21)32(30,31)24-10-6-16-4-2-1-3-5-16/h1-5,7,11,15,24H,6,8-10,12-14H2,(H,28,29). The van der Waals surface area contributed by atoms with Gasteiger partial charge in [0.05, 0.1) is 10.9 Å². The second kappa shape index (κ2) is 7.84. The molecule has 3 aromatic rings. The van der Waals surface area contributed by atoms with Crippen molar-refractivity contribution in [3.05, 3.63) is 54.5 Å². The predicted octanol–water partition coefficient (Wildman–Crippen LogP) is 1.69. The molecule has 0 atom stereocenters. The van der Waals surface area contributed by atoms with Gasteiger partial charge in [0.25, 0.3) is 10.2 Å². The highest BCUT2D eigenvalue weighted by Gasteiger charge is 2.56. The Balaban J connectivity index is 1.31. The van der Waals surface area contributed by atoms with Gasteiger partial charge in [-0.25, -0.2) is 24.1 Å². The van der Waals surface area contributed by atoms with Crippen molar-refractivity contribution in [2.24, 2.45) is 0 Å². The van der Waals surface area contributed by atoms with Gasteiger partial charge in [-0.05, 0) is 30.9 Å². The molecule has 0 radical (unpaired) electrons. The summed E-state index contributed by atoms with van der Waals surface area (Å²) < 4.78 is 31.6. The minimum atomic E-state index is -3.61. The Bertz CT molecular complexity index is 1260. The molecule has 2 aromatic heterocycles. The molecule has 0 bridgehead atoms. The molecule has 0 amide bonds. The van der Waals surface area contributed by atoms with Gasteiger partial charge < -0.3 is 10.0 Å². The quantitative estimate of drug-likeness (QED) is 0.579. The van der Waals surface area contributed by atoms with Crippen LogP contribution in [-0.2, 0) is 16.6 Å². The third-order valence-electron chi connectivity index (χ3n) is 6.21.